The van der Waals surface area contributed by atoms with Crippen molar-refractivity contribution in [3.8, 4) is 34.1 Å². The zero-order valence-electron chi connectivity index (χ0n) is 16.6. The molecule has 1 amide bonds. The molecule has 0 aromatic heterocycles. The third-order valence-corrected chi connectivity index (χ3v) is 4.31. The number of carbonyl (C=O) groups excluding carboxylic acids is 1. The van der Waals surface area contributed by atoms with Gasteiger partial charge in [-0.2, -0.15) is 0 Å². The second-order valence-corrected chi connectivity index (χ2v) is 6.13. The normalized spacial score (nSPS) is 10.2. The minimum absolute atomic E-state index is 0.135. The Labute approximate surface area is 170 Å². The predicted molar refractivity (Wildman–Crippen MR) is 112 cm³/mol. The van der Waals surface area contributed by atoms with E-state index in [-0.39, 0.29) is 12.5 Å². The van der Waals surface area contributed by atoms with Crippen LogP contribution in [0.1, 0.15) is 0 Å². The van der Waals surface area contributed by atoms with Crippen molar-refractivity contribution in [2.75, 3.05) is 33.3 Å². The lowest BCUT2D eigenvalue weighted by atomic mass is 10.0. The Kier molecular flexibility index (Phi) is 6.58. The molecule has 3 aromatic rings. The Balaban J connectivity index is 1.72. The summed E-state index contributed by atoms with van der Waals surface area (Å²) in [6.45, 7) is -0.135. The van der Waals surface area contributed by atoms with Crippen molar-refractivity contribution >= 4 is 11.6 Å². The van der Waals surface area contributed by atoms with Crippen LogP contribution in [0.25, 0.3) is 11.1 Å². The summed E-state index contributed by atoms with van der Waals surface area (Å²) in [5.74, 6) is 2.29. The maximum absolute atomic E-state index is 12.3. The van der Waals surface area contributed by atoms with Gasteiger partial charge in [-0.3, -0.25) is 4.79 Å². The van der Waals surface area contributed by atoms with E-state index in [9.17, 15) is 4.79 Å². The first-order chi connectivity index (χ1) is 14.1. The number of nitrogens with one attached hydrogen (secondary N) is 1. The summed E-state index contributed by atoms with van der Waals surface area (Å²) in [6.07, 6.45) is 0. The van der Waals surface area contributed by atoms with E-state index < -0.39 is 0 Å². The maximum Gasteiger partial charge on any atom is 0.262 e. The van der Waals surface area contributed by atoms with Crippen molar-refractivity contribution in [1.82, 2.24) is 0 Å². The second kappa shape index (κ2) is 9.50. The van der Waals surface area contributed by atoms with Gasteiger partial charge in [-0.1, -0.05) is 24.3 Å². The van der Waals surface area contributed by atoms with Crippen LogP contribution in [0.4, 0.5) is 5.69 Å². The van der Waals surface area contributed by atoms with Gasteiger partial charge in [0.05, 0.1) is 21.3 Å². The summed E-state index contributed by atoms with van der Waals surface area (Å²) in [7, 11) is 4.79. The quantitative estimate of drug-likeness (QED) is 0.615. The van der Waals surface area contributed by atoms with E-state index in [2.05, 4.69) is 5.32 Å². The fraction of sp³-hybridized carbons (Fsp3) is 0.174. The first-order valence-corrected chi connectivity index (χ1v) is 9.02. The molecule has 150 valence electrons. The number of ether oxygens (including phenoxy) is 4. The van der Waals surface area contributed by atoms with Gasteiger partial charge < -0.3 is 24.3 Å². The molecule has 0 bridgehead atoms. The molecule has 0 saturated heterocycles. The van der Waals surface area contributed by atoms with Crippen molar-refractivity contribution in [2.24, 2.45) is 0 Å². The molecule has 0 aliphatic rings. The van der Waals surface area contributed by atoms with Crippen LogP contribution in [0.3, 0.4) is 0 Å². The molecule has 0 heterocycles. The third-order valence-electron chi connectivity index (χ3n) is 4.31. The lowest BCUT2D eigenvalue weighted by Crippen LogP contribution is -2.20. The summed E-state index contributed by atoms with van der Waals surface area (Å²) in [4.78, 5) is 12.3. The first kappa shape index (κ1) is 20.1. The molecule has 1 N–H and O–H groups in total. The van der Waals surface area contributed by atoms with Crippen LogP contribution in [-0.2, 0) is 4.79 Å². The number of para-hydroxylation sites is 2. The smallest absolute Gasteiger partial charge is 0.262 e. The highest BCUT2D eigenvalue weighted by molar-refractivity contribution is 5.93. The van der Waals surface area contributed by atoms with E-state index in [1.807, 2.05) is 48.5 Å². The van der Waals surface area contributed by atoms with E-state index in [0.29, 0.717) is 22.9 Å². The highest BCUT2D eigenvalue weighted by Crippen LogP contribution is 2.33. The molecular formula is C23H23NO5. The van der Waals surface area contributed by atoms with Gasteiger partial charge in [0.1, 0.15) is 11.5 Å². The van der Waals surface area contributed by atoms with E-state index in [0.717, 1.165) is 16.9 Å². The molecule has 3 aromatic carbocycles. The Hall–Kier alpha value is -3.67. The number of hydrogen-bond acceptors (Lipinski definition) is 5. The predicted octanol–water partition coefficient (Wildman–Crippen LogP) is 4.40. The van der Waals surface area contributed by atoms with Gasteiger partial charge in [-0.25, -0.2) is 0 Å². The Bertz CT molecular complexity index is 969. The maximum atomic E-state index is 12.3. The summed E-state index contributed by atoms with van der Waals surface area (Å²) < 4.78 is 21.5. The SMILES string of the molecule is COc1ccc(-c2cc(NC(=O)COc3ccccc3OC)ccc2OC)cc1. The van der Waals surface area contributed by atoms with E-state index in [4.69, 9.17) is 18.9 Å². The minimum Gasteiger partial charge on any atom is -0.497 e. The number of carbonyl (C=O) groups is 1. The number of benzene rings is 3. The molecular weight excluding hydrogens is 370 g/mol. The highest BCUT2D eigenvalue weighted by atomic mass is 16.5. The molecule has 6 nitrogen and oxygen atoms in total. The summed E-state index contributed by atoms with van der Waals surface area (Å²) in [5.41, 5.74) is 2.45. The van der Waals surface area contributed by atoms with Crippen LogP contribution in [0.15, 0.2) is 66.7 Å². The zero-order chi connectivity index (χ0) is 20.6. The molecule has 0 aliphatic carbocycles. The first-order valence-electron chi connectivity index (χ1n) is 9.02. The van der Waals surface area contributed by atoms with Gasteiger partial charge in [-0.05, 0) is 48.0 Å². The molecule has 0 radical (unpaired) electrons. The van der Waals surface area contributed by atoms with Crippen LogP contribution in [0.5, 0.6) is 23.0 Å². The molecule has 0 aliphatic heterocycles. The molecule has 0 spiro atoms. The number of rotatable bonds is 8. The van der Waals surface area contributed by atoms with Crippen LogP contribution < -0.4 is 24.3 Å². The average Bonchev–Trinajstić information content (AvgIpc) is 2.78. The van der Waals surface area contributed by atoms with E-state index >= 15 is 0 Å². The molecule has 29 heavy (non-hydrogen) atoms. The fourth-order valence-corrected chi connectivity index (χ4v) is 2.86. The second-order valence-electron chi connectivity index (χ2n) is 6.13. The van der Waals surface area contributed by atoms with Crippen LogP contribution in [0.2, 0.25) is 0 Å². The van der Waals surface area contributed by atoms with Gasteiger partial charge in [0.25, 0.3) is 5.91 Å². The lowest BCUT2D eigenvalue weighted by Gasteiger charge is -2.13. The molecule has 0 unspecified atom stereocenters. The Morgan fingerprint density at radius 3 is 2.14 bits per heavy atom. The van der Waals surface area contributed by atoms with E-state index in [1.54, 1.807) is 39.5 Å². The molecule has 3 rings (SSSR count). The van der Waals surface area contributed by atoms with Gasteiger partial charge in [0.2, 0.25) is 0 Å². The Morgan fingerprint density at radius 2 is 1.48 bits per heavy atom. The van der Waals surface area contributed by atoms with Crippen molar-refractivity contribution < 1.29 is 23.7 Å². The average molecular weight is 393 g/mol. The molecule has 0 atom stereocenters. The van der Waals surface area contributed by atoms with E-state index in [1.165, 1.54) is 0 Å². The zero-order valence-corrected chi connectivity index (χ0v) is 16.6. The van der Waals surface area contributed by atoms with Gasteiger partial charge in [-0.15, -0.1) is 0 Å². The van der Waals surface area contributed by atoms with Crippen LogP contribution in [-0.4, -0.2) is 33.8 Å². The number of amides is 1. The number of anilines is 1. The molecule has 0 saturated carbocycles. The van der Waals surface area contributed by atoms with Crippen molar-refractivity contribution in [1.29, 1.82) is 0 Å². The highest BCUT2D eigenvalue weighted by Gasteiger charge is 2.11. The summed E-state index contributed by atoms with van der Waals surface area (Å²) >= 11 is 0. The Morgan fingerprint density at radius 1 is 0.793 bits per heavy atom. The van der Waals surface area contributed by atoms with Crippen molar-refractivity contribution in [3.05, 3.63) is 66.7 Å². The summed E-state index contributed by atoms with van der Waals surface area (Å²) in [6, 6.07) is 20.3. The number of methoxy groups -OCH3 is 3. The minimum atomic E-state index is -0.276. The van der Waals surface area contributed by atoms with Crippen molar-refractivity contribution in [2.45, 2.75) is 0 Å². The summed E-state index contributed by atoms with van der Waals surface area (Å²) in [5, 5.41) is 2.85. The molecule has 6 heteroatoms. The van der Waals surface area contributed by atoms with Gasteiger partial charge in [0.15, 0.2) is 18.1 Å². The largest absolute Gasteiger partial charge is 0.497 e. The van der Waals surface area contributed by atoms with Crippen LogP contribution >= 0.6 is 0 Å². The fourth-order valence-electron chi connectivity index (χ4n) is 2.86. The third kappa shape index (κ3) is 4.99. The molecule has 0 fully saturated rings. The van der Waals surface area contributed by atoms with Gasteiger partial charge in [0, 0.05) is 11.3 Å². The van der Waals surface area contributed by atoms with Gasteiger partial charge >= 0.3 is 0 Å². The lowest BCUT2D eigenvalue weighted by molar-refractivity contribution is -0.118. The number of hydrogen-bond donors (Lipinski definition) is 1. The monoisotopic (exact) mass is 393 g/mol. The van der Waals surface area contributed by atoms with Crippen molar-refractivity contribution in [3.63, 3.8) is 0 Å². The standard InChI is InChI=1S/C23H23NO5/c1-26-18-11-8-16(9-12-18)19-14-17(10-13-20(19)27-2)24-23(25)15-29-22-7-5-4-6-21(22)28-3/h4-14H,15H2,1-3H3,(H,24,25). The topological polar surface area (TPSA) is 66.0 Å². The van der Waals surface area contributed by atoms with Crippen LogP contribution in [0, 0.1) is 0 Å².